The van der Waals surface area contributed by atoms with Crippen molar-refractivity contribution in [3.63, 3.8) is 0 Å². The number of likely N-dealkylation sites (tertiary alicyclic amines) is 1. The Balaban J connectivity index is 2.65. The van der Waals surface area contributed by atoms with Crippen molar-refractivity contribution in [2.75, 3.05) is 20.1 Å². The van der Waals surface area contributed by atoms with Crippen molar-refractivity contribution in [2.24, 2.45) is 5.41 Å². The Bertz CT molecular complexity index is 197. The van der Waals surface area contributed by atoms with E-state index in [-0.39, 0.29) is 0 Å². The SMILES string of the molecule is C=C(CC)C1(CCCC)CCN(C)C1. The third-order valence-corrected chi connectivity index (χ3v) is 3.73. The second-order valence-corrected chi connectivity index (χ2v) is 4.83. The van der Waals surface area contributed by atoms with Gasteiger partial charge in [0.15, 0.2) is 0 Å². The lowest BCUT2D eigenvalue weighted by atomic mass is 9.75. The van der Waals surface area contributed by atoms with Gasteiger partial charge in [-0.3, -0.25) is 0 Å². The standard InChI is InChI=1S/C13H25N/c1-5-7-8-13(12(3)6-2)9-10-14(4)11-13/h3,5-11H2,1-2,4H3. The monoisotopic (exact) mass is 195 g/mol. The second-order valence-electron chi connectivity index (χ2n) is 4.83. The van der Waals surface area contributed by atoms with Crippen LogP contribution >= 0.6 is 0 Å². The van der Waals surface area contributed by atoms with Crippen molar-refractivity contribution in [1.82, 2.24) is 4.90 Å². The molecule has 0 aromatic rings. The molecule has 1 heterocycles. The molecule has 1 fully saturated rings. The molecular weight excluding hydrogens is 170 g/mol. The van der Waals surface area contributed by atoms with Gasteiger partial charge >= 0.3 is 0 Å². The molecule has 1 rings (SSSR count). The van der Waals surface area contributed by atoms with E-state index in [4.69, 9.17) is 0 Å². The highest BCUT2D eigenvalue weighted by Crippen LogP contribution is 2.42. The molecule has 1 saturated heterocycles. The predicted octanol–water partition coefficient (Wildman–Crippen LogP) is 3.46. The third-order valence-electron chi connectivity index (χ3n) is 3.73. The van der Waals surface area contributed by atoms with Gasteiger partial charge < -0.3 is 4.90 Å². The molecule has 0 spiro atoms. The second kappa shape index (κ2) is 4.97. The van der Waals surface area contributed by atoms with Crippen LogP contribution in [0, 0.1) is 5.41 Å². The summed E-state index contributed by atoms with van der Waals surface area (Å²) in [7, 11) is 2.23. The van der Waals surface area contributed by atoms with Gasteiger partial charge in [-0.05, 0) is 32.9 Å². The lowest BCUT2D eigenvalue weighted by Crippen LogP contribution is -2.26. The Morgan fingerprint density at radius 1 is 1.43 bits per heavy atom. The largest absolute Gasteiger partial charge is 0.305 e. The minimum Gasteiger partial charge on any atom is -0.305 e. The molecule has 1 unspecified atom stereocenters. The zero-order chi connectivity index (χ0) is 10.6. The molecule has 0 saturated carbocycles. The first kappa shape index (κ1) is 11.8. The van der Waals surface area contributed by atoms with Gasteiger partial charge in [-0.25, -0.2) is 0 Å². The fourth-order valence-electron chi connectivity index (χ4n) is 2.64. The van der Waals surface area contributed by atoms with Crippen LogP contribution in [0.3, 0.4) is 0 Å². The van der Waals surface area contributed by atoms with E-state index < -0.39 is 0 Å². The van der Waals surface area contributed by atoms with E-state index in [2.05, 4.69) is 32.4 Å². The minimum atomic E-state index is 0.458. The number of nitrogens with zero attached hydrogens (tertiary/aromatic N) is 1. The number of hydrogen-bond acceptors (Lipinski definition) is 1. The van der Waals surface area contributed by atoms with Crippen LogP contribution < -0.4 is 0 Å². The first-order valence-electron chi connectivity index (χ1n) is 6.01. The summed E-state index contributed by atoms with van der Waals surface area (Å²) in [6.07, 6.45) is 6.49. The molecule has 1 aliphatic heterocycles. The van der Waals surface area contributed by atoms with Crippen molar-refractivity contribution >= 4 is 0 Å². The average molecular weight is 195 g/mol. The molecule has 0 amide bonds. The topological polar surface area (TPSA) is 3.24 Å². The highest BCUT2D eigenvalue weighted by Gasteiger charge is 2.37. The molecule has 1 atom stereocenters. The van der Waals surface area contributed by atoms with Crippen LogP contribution in [-0.4, -0.2) is 25.0 Å². The van der Waals surface area contributed by atoms with E-state index in [1.54, 1.807) is 0 Å². The molecule has 1 heteroatoms. The van der Waals surface area contributed by atoms with E-state index in [1.165, 1.54) is 44.3 Å². The summed E-state index contributed by atoms with van der Waals surface area (Å²) in [5.74, 6) is 0. The van der Waals surface area contributed by atoms with E-state index in [9.17, 15) is 0 Å². The van der Waals surface area contributed by atoms with Gasteiger partial charge in [-0.1, -0.05) is 38.8 Å². The Morgan fingerprint density at radius 3 is 2.57 bits per heavy atom. The number of hydrogen-bond donors (Lipinski definition) is 0. The van der Waals surface area contributed by atoms with E-state index in [1.807, 2.05) is 0 Å². The summed E-state index contributed by atoms with van der Waals surface area (Å²) in [6.45, 7) is 11.3. The normalized spacial score (nSPS) is 28.2. The fourth-order valence-corrected chi connectivity index (χ4v) is 2.64. The van der Waals surface area contributed by atoms with Crippen molar-refractivity contribution in [3.05, 3.63) is 12.2 Å². The van der Waals surface area contributed by atoms with Crippen molar-refractivity contribution < 1.29 is 0 Å². The first-order chi connectivity index (χ1) is 6.64. The van der Waals surface area contributed by atoms with E-state index >= 15 is 0 Å². The molecule has 0 aliphatic carbocycles. The maximum atomic E-state index is 4.29. The summed E-state index contributed by atoms with van der Waals surface area (Å²) in [5.41, 5.74) is 1.94. The molecule has 14 heavy (non-hydrogen) atoms. The van der Waals surface area contributed by atoms with Gasteiger partial charge in [-0.2, -0.15) is 0 Å². The summed E-state index contributed by atoms with van der Waals surface area (Å²) >= 11 is 0. The fraction of sp³-hybridized carbons (Fsp3) is 0.846. The lowest BCUT2D eigenvalue weighted by Gasteiger charge is -2.31. The van der Waals surface area contributed by atoms with Gasteiger partial charge in [0.25, 0.3) is 0 Å². The highest BCUT2D eigenvalue weighted by atomic mass is 15.1. The summed E-state index contributed by atoms with van der Waals surface area (Å²) < 4.78 is 0. The molecular formula is C13H25N. The summed E-state index contributed by atoms with van der Waals surface area (Å²) in [4.78, 5) is 2.45. The van der Waals surface area contributed by atoms with Crippen LogP contribution in [0.15, 0.2) is 12.2 Å². The first-order valence-corrected chi connectivity index (χ1v) is 6.01. The van der Waals surface area contributed by atoms with Crippen LogP contribution in [0.4, 0.5) is 0 Å². The Hall–Kier alpha value is -0.300. The summed E-state index contributed by atoms with van der Waals surface area (Å²) in [6, 6.07) is 0. The Labute approximate surface area is 89.2 Å². The van der Waals surface area contributed by atoms with Gasteiger partial charge in [0.2, 0.25) is 0 Å². The van der Waals surface area contributed by atoms with Gasteiger partial charge in [0.05, 0.1) is 0 Å². The molecule has 1 nitrogen and oxygen atoms in total. The van der Waals surface area contributed by atoms with Crippen LogP contribution in [0.25, 0.3) is 0 Å². The smallest absolute Gasteiger partial charge is 0.00727 e. The Kier molecular flexibility index (Phi) is 4.18. The number of rotatable bonds is 5. The molecule has 1 aliphatic rings. The Morgan fingerprint density at radius 2 is 2.14 bits per heavy atom. The maximum absolute atomic E-state index is 4.29. The van der Waals surface area contributed by atoms with E-state index in [0.717, 1.165) is 6.42 Å². The summed E-state index contributed by atoms with van der Waals surface area (Å²) in [5, 5.41) is 0. The van der Waals surface area contributed by atoms with Crippen molar-refractivity contribution in [1.29, 1.82) is 0 Å². The van der Waals surface area contributed by atoms with Crippen molar-refractivity contribution in [2.45, 2.75) is 46.0 Å². The highest BCUT2D eigenvalue weighted by molar-refractivity contribution is 5.13. The minimum absolute atomic E-state index is 0.458. The van der Waals surface area contributed by atoms with E-state index in [0.29, 0.717) is 5.41 Å². The molecule has 0 aromatic carbocycles. The van der Waals surface area contributed by atoms with Crippen molar-refractivity contribution in [3.8, 4) is 0 Å². The quantitative estimate of drug-likeness (QED) is 0.607. The van der Waals surface area contributed by atoms with Gasteiger partial charge in [-0.15, -0.1) is 0 Å². The zero-order valence-corrected chi connectivity index (χ0v) is 10.1. The molecule has 0 N–H and O–H groups in total. The van der Waals surface area contributed by atoms with Crippen LogP contribution in [0.5, 0.6) is 0 Å². The predicted molar refractivity (Wildman–Crippen MR) is 63.5 cm³/mol. The molecule has 0 bridgehead atoms. The van der Waals surface area contributed by atoms with Crippen LogP contribution in [-0.2, 0) is 0 Å². The molecule has 0 radical (unpaired) electrons. The molecule has 0 aromatic heterocycles. The van der Waals surface area contributed by atoms with Crippen LogP contribution in [0.1, 0.15) is 46.0 Å². The zero-order valence-electron chi connectivity index (χ0n) is 10.1. The van der Waals surface area contributed by atoms with Gasteiger partial charge in [0, 0.05) is 12.0 Å². The lowest BCUT2D eigenvalue weighted by molar-refractivity contribution is 0.299. The molecule has 82 valence electrons. The van der Waals surface area contributed by atoms with Crippen LogP contribution in [0.2, 0.25) is 0 Å². The number of unbranched alkanes of at least 4 members (excludes halogenated alkanes) is 1. The average Bonchev–Trinajstić information content (AvgIpc) is 2.57. The third kappa shape index (κ3) is 2.38. The maximum Gasteiger partial charge on any atom is 0.00727 e. The van der Waals surface area contributed by atoms with Gasteiger partial charge in [0.1, 0.15) is 0 Å².